The predicted molar refractivity (Wildman–Crippen MR) is 77.5 cm³/mol. The first-order valence-corrected chi connectivity index (χ1v) is 6.69. The summed E-state index contributed by atoms with van der Waals surface area (Å²) in [5.41, 5.74) is 2.96. The van der Waals surface area contributed by atoms with Gasteiger partial charge in [-0.25, -0.2) is 0 Å². The Morgan fingerprint density at radius 3 is 2.74 bits per heavy atom. The number of nitrogens with one attached hydrogen (secondary N) is 1. The Bertz CT molecular complexity index is 483. The van der Waals surface area contributed by atoms with E-state index in [9.17, 15) is 9.90 Å². The van der Waals surface area contributed by atoms with Crippen LogP contribution in [0.15, 0.2) is 18.2 Å². The number of benzene rings is 1. The minimum Gasteiger partial charge on any atom is -0.396 e. The Balaban J connectivity index is 2.33. The molecule has 0 aromatic heterocycles. The lowest BCUT2D eigenvalue weighted by molar-refractivity contribution is -0.119. The van der Waals surface area contributed by atoms with Gasteiger partial charge in [-0.15, -0.1) is 0 Å². The number of carbonyl (C=O) groups excluding carboxylic acids is 1. The summed E-state index contributed by atoms with van der Waals surface area (Å²) in [6.45, 7) is 4.56. The van der Waals surface area contributed by atoms with Gasteiger partial charge in [-0.2, -0.15) is 0 Å². The van der Waals surface area contributed by atoms with Gasteiger partial charge in [-0.05, 0) is 30.2 Å². The van der Waals surface area contributed by atoms with Gasteiger partial charge in [0, 0.05) is 43.4 Å². The summed E-state index contributed by atoms with van der Waals surface area (Å²) >= 11 is 0. The molecule has 4 heteroatoms. The van der Waals surface area contributed by atoms with Crippen molar-refractivity contribution in [3.8, 4) is 0 Å². The summed E-state index contributed by atoms with van der Waals surface area (Å²) in [6.07, 6.45) is 1.33. The van der Waals surface area contributed by atoms with E-state index < -0.39 is 0 Å². The van der Waals surface area contributed by atoms with Crippen LogP contribution in [0, 0.1) is 5.41 Å². The normalized spacial score (nSPS) is 15.4. The Kier molecular flexibility index (Phi) is 3.80. The van der Waals surface area contributed by atoms with Crippen LogP contribution < -0.4 is 10.2 Å². The smallest absolute Gasteiger partial charge is 0.227 e. The van der Waals surface area contributed by atoms with Crippen molar-refractivity contribution in [2.75, 3.05) is 30.4 Å². The second kappa shape index (κ2) is 5.21. The molecule has 0 fully saturated rings. The van der Waals surface area contributed by atoms with Crippen molar-refractivity contribution < 1.29 is 9.90 Å². The van der Waals surface area contributed by atoms with Gasteiger partial charge in [0.15, 0.2) is 0 Å². The molecule has 0 spiro atoms. The quantitative estimate of drug-likeness (QED) is 0.873. The summed E-state index contributed by atoms with van der Waals surface area (Å²) in [4.78, 5) is 13.9. The molecular weight excluding hydrogens is 240 g/mol. The molecule has 2 rings (SSSR count). The van der Waals surface area contributed by atoms with Gasteiger partial charge in [0.25, 0.3) is 0 Å². The average Bonchev–Trinajstić information content (AvgIpc) is 2.41. The molecule has 0 saturated carbocycles. The molecule has 0 unspecified atom stereocenters. The molecule has 1 aromatic carbocycles. The summed E-state index contributed by atoms with van der Waals surface area (Å²) in [6, 6.07) is 6.07. The van der Waals surface area contributed by atoms with Gasteiger partial charge in [0.2, 0.25) is 5.91 Å². The first kappa shape index (κ1) is 13.9. The second-order valence-corrected chi connectivity index (χ2v) is 5.90. The lowest BCUT2D eigenvalue weighted by atomic mass is 9.91. The first-order chi connectivity index (χ1) is 8.96. The standard InChI is InChI=1S/C15H22N2O2/c1-15(2,10-18)9-17-13-6-5-12(16-3)8-11(13)4-7-14(17)19/h5-6,8,16,18H,4,7,9-10H2,1-3H3. The average molecular weight is 262 g/mol. The van der Waals surface area contributed by atoms with E-state index in [1.54, 1.807) is 0 Å². The van der Waals surface area contributed by atoms with E-state index in [0.717, 1.165) is 17.8 Å². The van der Waals surface area contributed by atoms with E-state index >= 15 is 0 Å². The molecule has 0 atom stereocenters. The lowest BCUT2D eigenvalue weighted by Gasteiger charge is -2.35. The molecule has 1 amide bonds. The molecule has 0 bridgehead atoms. The highest BCUT2D eigenvalue weighted by molar-refractivity contribution is 5.96. The predicted octanol–water partition coefficient (Wildman–Crippen LogP) is 2.03. The van der Waals surface area contributed by atoms with Crippen LogP contribution in [0.4, 0.5) is 11.4 Å². The van der Waals surface area contributed by atoms with Gasteiger partial charge in [0.1, 0.15) is 0 Å². The zero-order chi connectivity index (χ0) is 14.0. The van der Waals surface area contributed by atoms with Crippen LogP contribution in [-0.4, -0.2) is 31.2 Å². The SMILES string of the molecule is CNc1ccc2c(c1)CCC(=O)N2CC(C)(C)CO. The Hall–Kier alpha value is -1.55. The maximum Gasteiger partial charge on any atom is 0.227 e. The molecule has 2 N–H and O–H groups in total. The minimum atomic E-state index is -0.286. The number of hydrogen-bond acceptors (Lipinski definition) is 3. The van der Waals surface area contributed by atoms with E-state index in [1.807, 2.05) is 37.9 Å². The van der Waals surface area contributed by atoms with E-state index in [-0.39, 0.29) is 17.9 Å². The Morgan fingerprint density at radius 1 is 1.37 bits per heavy atom. The first-order valence-electron chi connectivity index (χ1n) is 6.69. The Morgan fingerprint density at radius 2 is 2.11 bits per heavy atom. The summed E-state index contributed by atoms with van der Waals surface area (Å²) in [5.74, 6) is 0.145. The second-order valence-electron chi connectivity index (χ2n) is 5.90. The molecule has 0 aliphatic carbocycles. The summed E-state index contributed by atoms with van der Waals surface area (Å²) in [7, 11) is 1.89. The number of aliphatic hydroxyl groups excluding tert-OH is 1. The fourth-order valence-electron chi connectivity index (χ4n) is 2.37. The summed E-state index contributed by atoms with van der Waals surface area (Å²) < 4.78 is 0. The van der Waals surface area contributed by atoms with Crippen molar-refractivity contribution in [1.29, 1.82) is 0 Å². The van der Waals surface area contributed by atoms with Crippen LogP contribution in [0.3, 0.4) is 0 Å². The van der Waals surface area contributed by atoms with Gasteiger partial charge < -0.3 is 15.3 Å². The Labute approximate surface area is 114 Å². The number of anilines is 2. The van der Waals surface area contributed by atoms with Crippen LogP contribution >= 0.6 is 0 Å². The maximum atomic E-state index is 12.1. The molecule has 1 heterocycles. The number of fused-ring (bicyclic) bond motifs is 1. The van der Waals surface area contributed by atoms with Gasteiger partial charge in [0.05, 0.1) is 0 Å². The highest BCUT2D eigenvalue weighted by atomic mass is 16.3. The van der Waals surface area contributed by atoms with Crippen molar-refractivity contribution in [3.63, 3.8) is 0 Å². The minimum absolute atomic E-state index is 0.0702. The number of aliphatic hydroxyl groups is 1. The van der Waals surface area contributed by atoms with Gasteiger partial charge in [-0.3, -0.25) is 4.79 Å². The van der Waals surface area contributed by atoms with Crippen molar-refractivity contribution in [2.24, 2.45) is 5.41 Å². The molecule has 0 saturated heterocycles. The van der Waals surface area contributed by atoms with Gasteiger partial charge >= 0.3 is 0 Å². The lowest BCUT2D eigenvalue weighted by Crippen LogP contribution is -2.43. The van der Waals surface area contributed by atoms with Crippen molar-refractivity contribution in [1.82, 2.24) is 0 Å². The van der Waals surface area contributed by atoms with Crippen LogP contribution in [0.5, 0.6) is 0 Å². The van der Waals surface area contributed by atoms with Crippen LogP contribution in [0.2, 0.25) is 0 Å². The van der Waals surface area contributed by atoms with Crippen LogP contribution in [-0.2, 0) is 11.2 Å². The van der Waals surface area contributed by atoms with Gasteiger partial charge in [-0.1, -0.05) is 13.8 Å². The molecule has 4 nitrogen and oxygen atoms in total. The van der Waals surface area contributed by atoms with E-state index in [2.05, 4.69) is 11.4 Å². The van der Waals surface area contributed by atoms with Crippen LogP contribution in [0.25, 0.3) is 0 Å². The zero-order valence-electron chi connectivity index (χ0n) is 11.9. The molecule has 1 aliphatic rings. The topological polar surface area (TPSA) is 52.6 Å². The number of amides is 1. The van der Waals surface area contributed by atoms with E-state index in [0.29, 0.717) is 13.0 Å². The third-order valence-electron chi connectivity index (χ3n) is 3.58. The third-order valence-corrected chi connectivity index (χ3v) is 3.58. The number of nitrogens with zero attached hydrogens (tertiary/aromatic N) is 1. The van der Waals surface area contributed by atoms with Crippen LogP contribution in [0.1, 0.15) is 25.8 Å². The monoisotopic (exact) mass is 262 g/mol. The van der Waals surface area contributed by atoms with Crippen molar-refractivity contribution >= 4 is 17.3 Å². The number of hydrogen-bond donors (Lipinski definition) is 2. The molecule has 0 radical (unpaired) electrons. The summed E-state index contributed by atoms with van der Waals surface area (Å²) in [5, 5.41) is 12.5. The number of rotatable bonds is 4. The highest BCUT2D eigenvalue weighted by Crippen LogP contribution is 2.32. The highest BCUT2D eigenvalue weighted by Gasteiger charge is 2.29. The molecular formula is C15H22N2O2. The number of carbonyl (C=O) groups is 1. The molecule has 1 aromatic rings. The third kappa shape index (κ3) is 2.89. The van der Waals surface area contributed by atoms with E-state index in [4.69, 9.17) is 0 Å². The number of aryl methyl sites for hydroxylation is 1. The molecule has 19 heavy (non-hydrogen) atoms. The maximum absolute atomic E-state index is 12.1. The molecule has 104 valence electrons. The zero-order valence-corrected chi connectivity index (χ0v) is 11.9. The largest absolute Gasteiger partial charge is 0.396 e. The fraction of sp³-hybridized carbons (Fsp3) is 0.533. The fourth-order valence-corrected chi connectivity index (χ4v) is 2.37. The van der Waals surface area contributed by atoms with Crippen molar-refractivity contribution in [2.45, 2.75) is 26.7 Å². The van der Waals surface area contributed by atoms with Crippen molar-refractivity contribution in [3.05, 3.63) is 23.8 Å². The van der Waals surface area contributed by atoms with E-state index in [1.165, 1.54) is 5.56 Å². The molecule has 1 aliphatic heterocycles.